The molecule has 0 spiro atoms. The molecule has 3 heterocycles. The highest BCUT2D eigenvalue weighted by Crippen LogP contribution is 2.49. The van der Waals surface area contributed by atoms with Crippen LogP contribution >= 0.6 is 0 Å². The van der Waals surface area contributed by atoms with Crippen LogP contribution in [-0.2, 0) is 6.42 Å². The summed E-state index contributed by atoms with van der Waals surface area (Å²) >= 11 is 0. The number of ether oxygens (including phenoxy) is 2. The standard InChI is InChI=1S/C24H33N3O2/c1-24(2)15-18-22(16-7-8-16)25-19-14-21(20(28-3)13-17(19)23(18)26-24)29-12-6-11-27-9-4-5-10-27/h13-14,16,26H,4-12,15H2,1-3H3. The molecule has 1 aromatic carbocycles. The highest BCUT2D eigenvalue weighted by molar-refractivity contribution is 5.97. The number of nitrogens with one attached hydrogen (secondary N) is 1. The van der Waals surface area contributed by atoms with Gasteiger partial charge >= 0.3 is 0 Å². The second kappa shape index (κ2) is 7.35. The molecule has 2 fully saturated rings. The number of aromatic nitrogens is 1. The first-order valence-corrected chi connectivity index (χ1v) is 11.2. The average Bonchev–Trinajstić information content (AvgIpc) is 3.30. The van der Waals surface area contributed by atoms with Gasteiger partial charge < -0.3 is 19.7 Å². The summed E-state index contributed by atoms with van der Waals surface area (Å²) in [7, 11) is 1.72. The van der Waals surface area contributed by atoms with Gasteiger partial charge in [0.2, 0.25) is 0 Å². The molecule has 1 aromatic heterocycles. The Morgan fingerprint density at radius 2 is 1.97 bits per heavy atom. The molecular formula is C24H33N3O2. The van der Waals surface area contributed by atoms with Crippen molar-refractivity contribution < 1.29 is 9.47 Å². The Kier molecular flexibility index (Phi) is 4.81. The van der Waals surface area contributed by atoms with Crippen LogP contribution in [0.1, 0.15) is 63.1 Å². The summed E-state index contributed by atoms with van der Waals surface area (Å²) in [6.07, 6.45) is 7.28. The third-order valence-electron chi connectivity index (χ3n) is 6.52. The maximum atomic E-state index is 6.16. The largest absolute Gasteiger partial charge is 0.493 e. The first kappa shape index (κ1) is 19.0. The van der Waals surface area contributed by atoms with Gasteiger partial charge in [-0.2, -0.15) is 0 Å². The second-order valence-electron chi connectivity index (χ2n) is 9.58. The molecule has 5 nitrogen and oxygen atoms in total. The lowest BCUT2D eigenvalue weighted by Crippen LogP contribution is -2.27. The molecule has 5 rings (SSSR count). The zero-order valence-corrected chi connectivity index (χ0v) is 18.0. The summed E-state index contributed by atoms with van der Waals surface area (Å²) in [5.41, 5.74) is 5.05. The van der Waals surface area contributed by atoms with Gasteiger partial charge in [0.1, 0.15) is 0 Å². The van der Waals surface area contributed by atoms with Crippen molar-refractivity contribution in [3.05, 3.63) is 23.4 Å². The molecule has 2 aliphatic heterocycles. The molecule has 5 heteroatoms. The van der Waals surface area contributed by atoms with E-state index in [0.717, 1.165) is 41.8 Å². The number of rotatable bonds is 7. The molecule has 1 saturated heterocycles. The van der Waals surface area contributed by atoms with Gasteiger partial charge in [0.05, 0.1) is 19.2 Å². The van der Waals surface area contributed by atoms with E-state index in [1.807, 2.05) is 0 Å². The Balaban J connectivity index is 1.42. The molecule has 0 unspecified atom stereocenters. The normalized spacial score (nSPS) is 20.7. The number of anilines is 1. The number of pyridine rings is 1. The van der Waals surface area contributed by atoms with Gasteiger partial charge in [0, 0.05) is 46.4 Å². The lowest BCUT2D eigenvalue weighted by molar-refractivity contribution is 0.254. The van der Waals surface area contributed by atoms with Gasteiger partial charge in [-0.1, -0.05) is 0 Å². The third-order valence-corrected chi connectivity index (χ3v) is 6.52. The van der Waals surface area contributed by atoms with Gasteiger partial charge in [-0.15, -0.1) is 0 Å². The Morgan fingerprint density at radius 1 is 1.17 bits per heavy atom. The van der Waals surface area contributed by atoms with Crippen molar-refractivity contribution in [2.24, 2.45) is 0 Å². The number of nitrogens with zero attached hydrogens (tertiary/aromatic N) is 2. The van der Waals surface area contributed by atoms with E-state index in [-0.39, 0.29) is 5.54 Å². The molecule has 1 N–H and O–H groups in total. The van der Waals surface area contributed by atoms with Crippen LogP contribution in [0, 0.1) is 0 Å². The first-order chi connectivity index (χ1) is 14.0. The number of hydrogen-bond donors (Lipinski definition) is 1. The quantitative estimate of drug-likeness (QED) is 0.687. The van der Waals surface area contributed by atoms with E-state index in [0.29, 0.717) is 12.5 Å². The molecule has 1 aliphatic carbocycles. The monoisotopic (exact) mass is 395 g/mol. The van der Waals surface area contributed by atoms with Crippen LogP contribution in [-0.4, -0.2) is 48.8 Å². The minimum Gasteiger partial charge on any atom is -0.493 e. The fourth-order valence-electron chi connectivity index (χ4n) is 4.92. The summed E-state index contributed by atoms with van der Waals surface area (Å²) in [6.45, 7) is 8.84. The summed E-state index contributed by atoms with van der Waals surface area (Å²) < 4.78 is 11.9. The SMILES string of the molecule is COc1cc2c3c(c(C4CC4)nc2cc1OCCCN1CCCC1)CC(C)(C)N3. The minimum absolute atomic E-state index is 0.0694. The molecule has 156 valence electrons. The van der Waals surface area contributed by atoms with Crippen LogP contribution in [0.2, 0.25) is 0 Å². The molecule has 0 radical (unpaired) electrons. The van der Waals surface area contributed by atoms with Crippen LogP contribution in [0.25, 0.3) is 10.9 Å². The number of benzene rings is 1. The Morgan fingerprint density at radius 3 is 2.69 bits per heavy atom. The Bertz CT molecular complexity index is 914. The van der Waals surface area contributed by atoms with Gasteiger partial charge in [0.25, 0.3) is 0 Å². The molecule has 29 heavy (non-hydrogen) atoms. The van der Waals surface area contributed by atoms with E-state index in [9.17, 15) is 0 Å². The number of methoxy groups -OCH3 is 1. The fourth-order valence-corrected chi connectivity index (χ4v) is 4.92. The highest BCUT2D eigenvalue weighted by atomic mass is 16.5. The van der Waals surface area contributed by atoms with E-state index in [2.05, 4.69) is 36.2 Å². The van der Waals surface area contributed by atoms with Crippen LogP contribution in [0.5, 0.6) is 11.5 Å². The van der Waals surface area contributed by atoms with Crippen molar-refractivity contribution in [2.75, 3.05) is 38.7 Å². The lowest BCUT2D eigenvalue weighted by Gasteiger charge is -2.19. The number of likely N-dealkylation sites (tertiary alicyclic amines) is 1. The first-order valence-electron chi connectivity index (χ1n) is 11.2. The average molecular weight is 396 g/mol. The Hall–Kier alpha value is -2.01. The fraction of sp³-hybridized carbons (Fsp3) is 0.625. The van der Waals surface area contributed by atoms with Gasteiger partial charge in [-0.3, -0.25) is 4.98 Å². The smallest absolute Gasteiger partial charge is 0.163 e. The molecule has 0 amide bonds. The molecule has 0 bridgehead atoms. The van der Waals surface area contributed by atoms with E-state index in [4.69, 9.17) is 14.5 Å². The van der Waals surface area contributed by atoms with Crippen LogP contribution in [0.3, 0.4) is 0 Å². The van der Waals surface area contributed by atoms with Gasteiger partial charge in [-0.25, -0.2) is 0 Å². The van der Waals surface area contributed by atoms with Crippen molar-refractivity contribution in [3.63, 3.8) is 0 Å². The number of hydrogen-bond acceptors (Lipinski definition) is 5. The highest BCUT2D eigenvalue weighted by Gasteiger charge is 2.37. The third kappa shape index (κ3) is 3.77. The maximum absolute atomic E-state index is 6.16. The van der Waals surface area contributed by atoms with Crippen molar-refractivity contribution in [1.82, 2.24) is 9.88 Å². The van der Waals surface area contributed by atoms with E-state index < -0.39 is 0 Å². The molecule has 3 aliphatic rings. The maximum Gasteiger partial charge on any atom is 0.163 e. The van der Waals surface area contributed by atoms with Crippen LogP contribution < -0.4 is 14.8 Å². The van der Waals surface area contributed by atoms with Crippen molar-refractivity contribution in [1.29, 1.82) is 0 Å². The lowest BCUT2D eigenvalue weighted by atomic mass is 9.97. The van der Waals surface area contributed by atoms with Crippen molar-refractivity contribution in [2.45, 2.75) is 63.8 Å². The van der Waals surface area contributed by atoms with E-state index in [1.54, 1.807) is 7.11 Å². The number of fused-ring (bicyclic) bond motifs is 3. The van der Waals surface area contributed by atoms with Gasteiger partial charge in [0.15, 0.2) is 11.5 Å². The molecule has 0 atom stereocenters. The van der Waals surface area contributed by atoms with Crippen LogP contribution in [0.4, 0.5) is 5.69 Å². The molecular weight excluding hydrogens is 362 g/mol. The zero-order chi connectivity index (χ0) is 20.0. The van der Waals surface area contributed by atoms with E-state index in [1.165, 1.54) is 55.7 Å². The van der Waals surface area contributed by atoms with Crippen LogP contribution in [0.15, 0.2) is 12.1 Å². The summed E-state index contributed by atoms with van der Waals surface area (Å²) in [5.74, 6) is 2.25. The minimum atomic E-state index is 0.0694. The van der Waals surface area contributed by atoms with E-state index >= 15 is 0 Å². The Labute approximate surface area is 173 Å². The summed E-state index contributed by atoms with van der Waals surface area (Å²) in [6, 6.07) is 4.20. The second-order valence-corrected chi connectivity index (χ2v) is 9.58. The predicted molar refractivity (Wildman–Crippen MR) is 117 cm³/mol. The van der Waals surface area contributed by atoms with Crippen molar-refractivity contribution >= 4 is 16.6 Å². The van der Waals surface area contributed by atoms with Crippen molar-refractivity contribution in [3.8, 4) is 11.5 Å². The molecule has 2 aromatic rings. The topological polar surface area (TPSA) is 46.6 Å². The van der Waals surface area contributed by atoms with Gasteiger partial charge in [-0.05, 0) is 71.5 Å². The predicted octanol–water partition coefficient (Wildman–Crippen LogP) is 4.73. The zero-order valence-electron chi connectivity index (χ0n) is 18.0. The summed E-state index contributed by atoms with van der Waals surface area (Å²) in [5, 5.41) is 4.90. The summed E-state index contributed by atoms with van der Waals surface area (Å²) in [4.78, 5) is 7.65. The molecule has 1 saturated carbocycles.